The summed E-state index contributed by atoms with van der Waals surface area (Å²) in [5, 5.41) is 12.9. The monoisotopic (exact) mass is 426 g/mol. The van der Waals surface area contributed by atoms with Gasteiger partial charge in [0.2, 0.25) is 5.91 Å². The van der Waals surface area contributed by atoms with E-state index in [2.05, 4.69) is 11.4 Å². The summed E-state index contributed by atoms with van der Waals surface area (Å²) in [6.45, 7) is 4.49. The number of benzene rings is 1. The van der Waals surface area contributed by atoms with Crippen LogP contribution in [0, 0.1) is 11.3 Å². The lowest BCUT2D eigenvalue weighted by atomic mass is 9.81. The molecule has 1 aromatic carbocycles. The Morgan fingerprint density at radius 1 is 1.26 bits per heavy atom. The lowest BCUT2D eigenvalue weighted by Crippen LogP contribution is -2.55. The predicted octanol–water partition coefficient (Wildman–Crippen LogP) is 3.24. The molecule has 1 atom stereocenters. The predicted molar refractivity (Wildman–Crippen MR) is 120 cm³/mol. The summed E-state index contributed by atoms with van der Waals surface area (Å²) in [7, 11) is 1.74. The van der Waals surface area contributed by atoms with Crippen LogP contribution in [0.15, 0.2) is 24.3 Å². The Hall–Kier alpha value is -2.75. The first-order valence-corrected chi connectivity index (χ1v) is 11.4. The summed E-state index contributed by atoms with van der Waals surface area (Å²) in [6, 6.07) is 10.0. The molecule has 0 spiro atoms. The fourth-order valence-corrected chi connectivity index (χ4v) is 4.55. The van der Waals surface area contributed by atoms with E-state index < -0.39 is 11.6 Å². The van der Waals surface area contributed by atoms with Gasteiger partial charge in [-0.3, -0.25) is 9.59 Å². The van der Waals surface area contributed by atoms with Crippen LogP contribution in [-0.2, 0) is 9.59 Å². The topological polar surface area (TPSA) is 85.7 Å². The van der Waals surface area contributed by atoms with Crippen LogP contribution in [0.25, 0.3) is 0 Å². The molecule has 1 aliphatic heterocycles. The Morgan fingerprint density at radius 2 is 1.94 bits per heavy atom. The number of amides is 2. The van der Waals surface area contributed by atoms with Gasteiger partial charge in [0, 0.05) is 13.1 Å². The number of carbonyl (C=O) groups is 2. The van der Waals surface area contributed by atoms with E-state index >= 15 is 0 Å². The van der Waals surface area contributed by atoms with Crippen molar-refractivity contribution in [2.24, 2.45) is 0 Å². The summed E-state index contributed by atoms with van der Waals surface area (Å²) < 4.78 is 5.98. The second-order valence-corrected chi connectivity index (χ2v) is 8.63. The third kappa shape index (κ3) is 4.95. The zero-order valence-corrected chi connectivity index (χ0v) is 18.9. The van der Waals surface area contributed by atoms with E-state index in [9.17, 15) is 14.9 Å². The Morgan fingerprint density at radius 3 is 2.58 bits per heavy atom. The standard InChI is InChI=1S/C24H34N4O3/c1-4-18(5-2)26-23(30)21-15-28(19-11-7-8-12-20(19)31-21)16-22(29)27(3)24(17-25)13-9-6-10-14-24/h7-8,11-12,18,21H,4-6,9-10,13-16H2,1-3H3,(H,26,30). The van der Waals surface area contributed by atoms with E-state index in [-0.39, 0.29) is 24.4 Å². The SMILES string of the molecule is CCC(CC)NC(=O)C1CN(CC(=O)N(C)C2(C#N)CCCCC2)c2ccccc2O1. The third-order valence-corrected chi connectivity index (χ3v) is 6.72. The van der Waals surface area contributed by atoms with Crippen LogP contribution in [0.2, 0.25) is 0 Å². The molecule has 0 radical (unpaired) electrons. The van der Waals surface area contributed by atoms with Crippen molar-refractivity contribution in [2.75, 3.05) is 25.0 Å². The van der Waals surface area contributed by atoms with Crippen molar-refractivity contribution < 1.29 is 14.3 Å². The van der Waals surface area contributed by atoms with E-state index in [1.807, 2.05) is 43.0 Å². The highest BCUT2D eigenvalue weighted by Gasteiger charge is 2.40. The second kappa shape index (κ2) is 10.0. The Balaban J connectivity index is 1.76. The minimum absolute atomic E-state index is 0.106. The van der Waals surface area contributed by atoms with Crippen molar-refractivity contribution in [3.63, 3.8) is 0 Å². The summed E-state index contributed by atoms with van der Waals surface area (Å²) in [4.78, 5) is 29.6. The molecular weight excluding hydrogens is 392 g/mol. The van der Waals surface area contributed by atoms with Gasteiger partial charge in [0.05, 0.1) is 24.8 Å². The van der Waals surface area contributed by atoms with Gasteiger partial charge in [-0.1, -0.05) is 45.2 Å². The highest BCUT2D eigenvalue weighted by Crippen LogP contribution is 2.35. The molecule has 168 valence electrons. The summed E-state index contributed by atoms with van der Waals surface area (Å²) in [5.74, 6) is 0.329. The van der Waals surface area contributed by atoms with Gasteiger partial charge in [-0.2, -0.15) is 5.26 Å². The van der Waals surface area contributed by atoms with Crippen molar-refractivity contribution in [2.45, 2.75) is 76.5 Å². The van der Waals surface area contributed by atoms with Crippen LogP contribution in [-0.4, -0.2) is 54.5 Å². The average molecular weight is 427 g/mol. The Bertz CT molecular complexity index is 824. The molecule has 0 bridgehead atoms. The molecule has 7 heteroatoms. The number of nitrogens with zero attached hydrogens (tertiary/aromatic N) is 3. The summed E-state index contributed by atoms with van der Waals surface area (Å²) in [5.41, 5.74) is 0.0680. The van der Waals surface area contributed by atoms with Crippen LogP contribution in [0.5, 0.6) is 5.75 Å². The van der Waals surface area contributed by atoms with Gasteiger partial charge in [-0.15, -0.1) is 0 Å². The van der Waals surface area contributed by atoms with E-state index in [4.69, 9.17) is 4.74 Å². The zero-order chi connectivity index (χ0) is 22.4. The summed E-state index contributed by atoms with van der Waals surface area (Å²) >= 11 is 0. The molecule has 1 heterocycles. The molecule has 0 saturated heterocycles. The Kier molecular flexibility index (Phi) is 7.42. The van der Waals surface area contributed by atoms with Crippen molar-refractivity contribution in [3.05, 3.63) is 24.3 Å². The van der Waals surface area contributed by atoms with E-state index in [1.165, 1.54) is 0 Å². The van der Waals surface area contributed by atoms with Crippen LogP contribution >= 0.6 is 0 Å². The second-order valence-electron chi connectivity index (χ2n) is 8.63. The molecule has 31 heavy (non-hydrogen) atoms. The number of fused-ring (bicyclic) bond motifs is 1. The van der Waals surface area contributed by atoms with Crippen molar-refractivity contribution in [1.82, 2.24) is 10.2 Å². The molecule has 2 aliphatic rings. The highest BCUT2D eigenvalue weighted by molar-refractivity contribution is 5.86. The number of nitriles is 1. The Labute approximate surface area is 185 Å². The first kappa shape index (κ1) is 22.9. The molecule has 1 saturated carbocycles. The van der Waals surface area contributed by atoms with E-state index in [0.29, 0.717) is 25.1 Å². The minimum Gasteiger partial charge on any atom is -0.477 e. The number of hydrogen-bond donors (Lipinski definition) is 1. The fourth-order valence-electron chi connectivity index (χ4n) is 4.55. The third-order valence-electron chi connectivity index (χ3n) is 6.72. The van der Waals surface area contributed by atoms with Crippen molar-refractivity contribution in [3.8, 4) is 11.8 Å². The van der Waals surface area contributed by atoms with Crippen molar-refractivity contribution >= 4 is 17.5 Å². The highest BCUT2D eigenvalue weighted by atomic mass is 16.5. The largest absolute Gasteiger partial charge is 0.477 e. The number of para-hydroxylation sites is 2. The van der Waals surface area contributed by atoms with Gasteiger partial charge in [0.1, 0.15) is 11.3 Å². The number of nitrogens with one attached hydrogen (secondary N) is 1. The summed E-state index contributed by atoms with van der Waals surface area (Å²) in [6.07, 6.45) is 5.48. The lowest BCUT2D eigenvalue weighted by Gasteiger charge is -2.41. The quantitative estimate of drug-likeness (QED) is 0.723. The van der Waals surface area contributed by atoms with Gasteiger partial charge in [0.15, 0.2) is 6.10 Å². The van der Waals surface area contributed by atoms with E-state index in [0.717, 1.165) is 37.8 Å². The number of anilines is 1. The molecule has 1 fully saturated rings. The zero-order valence-electron chi connectivity index (χ0n) is 18.9. The molecule has 1 N–H and O–H groups in total. The minimum atomic E-state index is -0.729. The van der Waals surface area contributed by atoms with Gasteiger partial charge < -0.3 is 19.9 Å². The number of likely N-dealkylation sites (N-methyl/N-ethyl adjacent to an activating group) is 1. The van der Waals surface area contributed by atoms with Gasteiger partial charge in [0.25, 0.3) is 5.91 Å². The first-order chi connectivity index (χ1) is 14.9. The van der Waals surface area contributed by atoms with Gasteiger partial charge in [-0.25, -0.2) is 0 Å². The lowest BCUT2D eigenvalue weighted by molar-refractivity contribution is -0.134. The van der Waals surface area contributed by atoms with Crippen molar-refractivity contribution in [1.29, 1.82) is 5.26 Å². The van der Waals surface area contributed by atoms with Crippen LogP contribution < -0.4 is 15.0 Å². The van der Waals surface area contributed by atoms with Gasteiger partial charge in [-0.05, 0) is 37.8 Å². The number of rotatable bonds is 7. The van der Waals surface area contributed by atoms with Crippen LogP contribution in [0.4, 0.5) is 5.69 Å². The van der Waals surface area contributed by atoms with Crippen LogP contribution in [0.3, 0.4) is 0 Å². The average Bonchev–Trinajstić information content (AvgIpc) is 2.82. The molecule has 3 rings (SSSR count). The number of ether oxygens (including phenoxy) is 1. The number of hydrogen-bond acceptors (Lipinski definition) is 5. The smallest absolute Gasteiger partial charge is 0.263 e. The maximum Gasteiger partial charge on any atom is 0.263 e. The molecular formula is C24H34N4O3. The first-order valence-electron chi connectivity index (χ1n) is 11.4. The maximum atomic E-state index is 13.2. The molecule has 1 aromatic rings. The van der Waals surface area contributed by atoms with Gasteiger partial charge >= 0.3 is 0 Å². The molecule has 7 nitrogen and oxygen atoms in total. The fraction of sp³-hybridized carbons (Fsp3) is 0.625. The maximum absolute atomic E-state index is 13.2. The molecule has 0 aromatic heterocycles. The normalized spacial score (nSPS) is 19.7. The molecule has 2 amide bonds. The molecule has 1 unspecified atom stereocenters. The van der Waals surface area contributed by atoms with E-state index in [1.54, 1.807) is 11.9 Å². The number of carbonyl (C=O) groups excluding carboxylic acids is 2. The van der Waals surface area contributed by atoms with Crippen LogP contribution in [0.1, 0.15) is 58.8 Å². The molecule has 1 aliphatic carbocycles.